The van der Waals surface area contributed by atoms with Crippen LogP contribution in [0.2, 0.25) is 0 Å². The highest BCUT2D eigenvalue weighted by Crippen LogP contribution is 2.34. The molecule has 0 aliphatic carbocycles. The summed E-state index contributed by atoms with van der Waals surface area (Å²) in [5.41, 5.74) is 12.8. The number of fused-ring (bicyclic) bond motifs is 2. The van der Waals surface area contributed by atoms with Crippen LogP contribution in [0.25, 0.3) is 0 Å². The number of nitrogens with zero attached hydrogens (tertiary/aromatic N) is 1. The molecule has 5 heteroatoms. The molecule has 4 N–H and O–H groups in total. The third-order valence-electron chi connectivity index (χ3n) is 4.22. The molecule has 3 rings (SSSR count). The van der Waals surface area contributed by atoms with Crippen molar-refractivity contribution in [3.05, 3.63) is 35.9 Å². The van der Waals surface area contributed by atoms with Gasteiger partial charge in [0, 0.05) is 19.1 Å². The quantitative estimate of drug-likeness (QED) is 0.762. The average molecular weight is 277 g/mol. The molecule has 0 amide bonds. The number of benzene rings is 1. The molecule has 3 atom stereocenters. The highest BCUT2D eigenvalue weighted by atomic mass is 16.5. The summed E-state index contributed by atoms with van der Waals surface area (Å²) < 4.78 is 11.6. The summed E-state index contributed by atoms with van der Waals surface area (Å²) >= 11 is 0. The number of rotatable bonds is 6. The Hall–Kier alpha value is -0.980. The molecule has 3 unspecified atom stereocenters. The van der Waals surface area contributed by atoms with Gasteiger partial charge in [0.15, 0.2) is 0 Å². The van der Waals surface area contributed by atoms with Crippen LogP contribution in [-0.4, -0.2) is 55.4 Å². The second kappa shape index (κ2) is 6.20. The lowest BCUT2D eigenvalue weighted by Gasteiger charge is -2.58. The van der Waals surface area contributed by atoms with Gasteiger partial charge in [-0.15, -0.1) is 0 Å². The Bertz CT molecular complexity index is 416. The van der Waals surface area contributed by atoms with Crippen molar-refractivity contribution < 1.29 is 9.47 Å². The molecule has 1 aromatic carbocycles. The molecule has 2 fully saturated rings. The zero-order valence-corrected chi connectivity index (χ0v) is 11.7. The summed E-state index contributed by atoms with van der Waals surface area (Å²) in [6, 6.07) is 11.0. The van der Waals surface area contributed by atoms with Crippen molar-refractivity contribution in [2.24, 2.45) is 11.5 Å². The van der Waals surface area contributed by atoms with E-state index in [9.17, 15) is 0 Å². The summed E-state index contributed by atoms with van der Waals surface area (Å²) in [6.07, 6.45) is 0.258. The van der Waals surface area contributed by atoms with Gasteiger partial charge < -0.3 is 20.9 Å². The predicted molar refractivity (Wildman–Crippen MR) is 77.1 cm³/mol. The maximum atomic E-state index is 6.08. The molecule has 20 heavy (non-hydrogen) atoms. The molecule has 0 aromatic heterocycles. The van der Waals surface area contributed by atoms with Crippen molar-refractivity contribution in [1.82, 2.24) is 4.90 Å². The molecule has 110 valence electrons. The highest BCUT2D eigenvalue weighted by Gasteiger charge is 2.52. The van der Waals surface area contributed by atoms with E-state index in [0.717, 1.165) is 19.8 Å². The predicted octanol–water partition coefficient (Wildman–Crippen LogP) is -0.0592. The second-order valence-electron chi connectivity index (χ2n) is 5.63. The molecular weight excluding hydrogens is 254 g/mol. The van der Waals surface area contributed by atoms with Gasteiger partial charge in [0.25, 0.3) is 0 Å². The second-order valence-corrected chi connectivity index (χ2v) is 5.63. The molecular formula is C15H23N3O2. The van der Waals surface area contributed by atoms with E-state index in [1.54, 1.807) is 0 Å². The van der Waals surface area contributed by atoms with Crippen molar-refractivity contribution in [3.63, 3.8) is 0 Å². The average Bonchev–Trinajstić information content (AvgIpc) is 2.52. The Kier molecular flexibility index (Phi) is 4.33. The van der Waals surface area contributed by atoms with E-state index in [0.29, 0.717) is 25.2 Å². The first-order valence-corrected chi connectivity index (χ1v) is 7.24. The van der Waals surface area contributed by atoms with Crippen molar-refractivity contribution in [2.45, 2.75) is 30.8 Å². The van der Waals surface area contributed by atoms with Crippen LogP contribution in [0.3, 0.4) is 0 Å². The molecule has 2 saturated heterocycles. The zero-order chi connectivity index (χ0) is 13.9. The first-order valence-electron chi connectivity index (χ1n) is 7.24. The monoisotopic (exact) mass is 277 g/mol. The Balaban J connectivity index is 1.54. The van der Waals surface area contributed by atoms with Crippen LogP contribution in [0.1, 0.15) is 5.56 Å². The Morgan fingerprint density at radius 2 is 1.95 bits per heavy atom. The van der Waals surface area contributed by atoms with E-state index in [4.69, 9.17) is 20.9 Å². The fraction of sp³-hybridized carbons (Fsp3) is 0.600. The van der Waals surface area contributed by atoms with E-state index in [-0.39, 0.29) is 12.1 Å². The van der Waals surface area contributed by atoms with E-state index >= 15 is 0 Å². The Morgan fingerprint density at radius 3 is 2.60 bits per heavy atom. The summed E-state index contributed by atoms with van der Waals surface area (Å²) in [4.78, 5) is 2.39. The van der Waals surface area contributed by atoms with E-state index in [2.05, 4.69) is 17.0 Å². The molecule has 1 aromatic rings. The minimum Gasteiger partial charge on any atom is -0.378 e. The third kappa shape index (κ3) is 2.73. The highest BCUT2D eigenvalue weighted by molar-refractivity contribution is 5.14. The van der Waals surface area contributed by atoms with Crippen LogP contribution >= 0.6 is 0 Å². The van der Waals surface area contributed by atoms with E-state index in [1.165, 1.54) is 5.56 Å². The fourth-order valence-electron chi connectivity index (χ4n) is 3.07. The molecule has 0 radical (unpaired) electrons. The maximum absolute atomic E-state index is 6.08. The van der Waals surface area contributed by atoms with Crippen LogP contribution in [0.4, 0.5) is 0 Å². The molecule has 2 heterocycles. The lowest BCUT2D eigenvalue weighted by atomic mass is 9.86. The van der Waals surface area contributed by atoms with Gasteiger partial charge in [0.1, 0.15) is 0 Å². The minimum absolute atomic E-state index is 0.0353. The number of hydrogen-bond acceptors (Lipinski definition) is 5. The molecule has 5 nitrogen and oxygen atoms in total. The topological polar surface area (TPSA) is 73.7 Å². The maximum Gasteiger partial charge on any atom is 0.0934 e. The van der Waals surface area contributed by atoms with E-state index < -0.39 is 0 Å². The van der Waals surface area contributed by atoms with Crippen LogP contribution < -0.4 is 11.5 Å². The van der Waals surface area contributed by atoms with Gasteiger partial charge in [0.2, 0.25) is 0 Å². The SMILES string of the molecule is NCC(N)CN1C2COCC1C2OCc1ccccc1. The lowest BCUT2D eigenvalue weighted by molar-refractivity contribution is -0.228. The number of nitrogens with two attached hydrogens (primary N) is 2. The van der Waals surface area contributed by atoms with Crippen molar-refractivity contribution in [2.75, 3.05) is 26.3 Å². The Morgan fingerprint density at radius 1 is 1.25 bits per heavy atom. The first-order chi connectivity index (χ1) is 9.79. The van der Waals surface area contributed by atoms with Gasteiger partial charge >= 0.3 is 0 Å². The van der Waals surface area contributed by atoms with Crippen molar-refractivity contribution >= 4 is 0 Å². The summed E-state index contributed by atoms with van der Waals surface area (Å²) in [5, 5.41) is 0. The number of hydrogen-bond donors (Lipinski definition) is 2. The van der Waals surface area contributed by atoms with Gasteiger partial charge in [-0.2, -0.15) is 0 Å². The minimum atomic E-state index is 0.0353. The van der Waals surface area contributed by atoms with Gasteiger partial charge in [-0.3, -0.25) is 4.90 Å². The normalized spacial score (nSPS) is 30.8. The molecule has 0 saturated carbocycles. The van der Waals surface area contributed by atoms with Crippen molar-refractivity contribution in [1.29, 1.82) is 0 Å². The summed E-state index contributed by atoms with van der Waals surface area (Å²) in [5.74, 6) is 0. The third-order valence-corrected chi connectivity index (χ3v) is 4.22. The van der Waals surface area contributed by atoms with Gasteiger partial charge in [-0.1, -0.05) is 30.3 Å². The number of ether oxygens (including phenoxy) is 2. The van der Waals surface area contributed by atoms with Gasteiger partial charge in [-0.25, -0.2) is 0 Å². The standard InChI is InChI=1S/C15H23N3O2/c16-6-12(17)7-18-13-9-19-10-14(18)15(13)20-8-11-4-2-1-3-5-11/h1-5,12-15H,6-10,16-17H2. The van der Waals surface area contributed by atoms with Crippen LogP contribution in [0.5, 0.6) is 0 Å². The van der Waals surface area contributed by atoms with Crippen LogP contribution in [-0.2, 0) is 16.1 Å². The lowest BCUT2D eigenvalue weighted by Crippen LogP contribution is -2.76. The molecule has 2 bridgehead atoms. The molecule has 2 aliphatic heterocycles. The van der Waals surface area contributed by atoms with Gasteiger partial charge in [-0.05, 0) is 5.56 Å². The Labute approximate surface area is 119 Å². The molecule has 0 spiro atoms. The largest absolute Gasteiger partial charge is 0.378 e. The smallest absolute Gasteiger partial charge is 0.0934 e. The van der Waals surface area contributed by atoms with Crippen LogP contribution in [0.15, 0.2) is 30.3 Å². The molecule has 2 aliphatic rings. The van der Waals surface area contributed by atoms with Crippen molar-refractivity contribution in [3.8, 4) is 0 Å². The fourth-order valence-corrected chi connectivity index (χ4v) is 3.07. The van der Waals surface area contributed by atoms with E-state index in [1.807, 2.05) is 18.2 Å². The van der Waals surface area contributed by atoms with Gasteiger partial charge in [0.05, 0.1) is 38.0 Å². The number of morpholine rings is 1. The van der Waals surface area contributed by atoms with Crippen LogP contribution in [0, 0.1) is 0 Å². The summed E-state index contributed by atoms with van der Waals surface area (Å²) in [7, 11) is 0. The zero-order valence-electron chi connectivity index (χ0n) is 11.7. The first kappa shape index (κ1) is 14.0. The summed E-state index contributed by atoms with van der Waals surface area (Å²) in [6.45, 7) is 3.47.